The van der Waals surface area contributed by atoms with Gasteiger partial charge in [0.15, 0.2) is 0 Å². The third-order valence-electron chi connectivity index (χ3n) is 6.28. The van der Waals surface area contributed by atoms with Crippen LogP contribution in [0.3, 0.4) is 0 Å². The Balaban J connectivity index is 1.60. The van der Waals surface area contributed by atoms with Crippen LogP contribution in [0, 0.1) is 0 Å². The molecule has 0 saturated carbocycles. The molecule has 4 rings (SSSR count). The van der Waals surface area contributed by atoms with Crippen LogP contribution in [0.4, 0.5) is 0 Å². The number of morpholine rings is 1. The molecule has 1 atom stereocenters. The van der Waals surface area contributed by atoms with Crippen molar-refractivity contribution in [1.82, 2.24) is 19.6 Å². The van der Waals surface area contributed by atoms with Gasteiger partial charge in [-0.05, 0) is 43.7 Å². The van der Waals surface area contributed by atoms with Crippen LogP contribution in [-0.2, 0) is 17.7 Å². The van der Waals surface area contributed by atoms with E-state index >= 15 is 0 Å². The van der Waals surface area contributed by atoms with E-state index in [-0.39, 0.29) is 0 Å². The first-order chi connectivity index (χ1) is 17.2. The van der Waals surface area contributed by atoms with Gasteiger partial charge in [0.2, 0.25) is 5.88 Å². The van der Waals surface area contributed by atoms with Gasteiger partial charge in [-0.2, -0.15) is 5.10 Å². The van der Waals surface area contributed by atoms with Gasteiger partial charge in [-0.3, -0.25) is 9.80 Å². The molecule has 188 valence electrons. The fraction of sp³-hybridized carbons (Fsp3) is 0.464. The Kier molecular flexibility index (Phi) is 9.31. The Hall–Kier alpha value is -2.71. The fourth-order valence-electron chi connectivity index (χ4n) is 4.58. The molecule has 2 heterocycles. The van der Waals surface area contributed by atoms with Crippen LogP contribution in [0.25, 0.3) is 5.69 Å². The number of β-amino-alcohol motifs (C(OH)–C–C–N with tert-alkyl or cyclic N) is 1. The van der Waals surface area contributed by atoms with Crippen molar-refractivity contribution in [1.29, 1.82) is 0 Å². The van der Waals surface area contributed by atoms with Gasteiger partial charge < -0.3 is 14.6 Å². The van der Waals surface area contributed by atoms with Crippen molar-refractivity contribution in [3.8, 4) is 17.3 Å². The number of ether oxygens (including phenoxy) is 2. The van der Waals surface area contributed by atoms with E-state index in [4.69, 9.17) is 14.6 Å². The Labute approximate surface area is 208 Å². The van der Waals surface area contributed by atoms with Crippen LogP contribution in [0.1, 0.15) is 31.5 Å². The van der Waals surface area contributed by atoms with Gasteiger partial charge in [-0.15, -0.1) is 0 Å². The standard InChI is InChI=1S/C28H38N4O3/c1-3-15-31(21-24(33)20-30-16-18-34-19-17-30)22-26-27(4-2)29-32(23-11-7-5-8-12-23)28(26)35-25-13-9-6-10-14-25/h5-14,24,33H,3-4,15-22H2,1-2H3/t24-/m0/s1. The molecule has 0 spiro atoms. The number of hydrogen-bond donors (Lipinski definition) is 1. The maximum atomic E-state index is 10.9. The van der Waals surface area contributed by atoms with Gasteiger partial charge in [-0.25, -0.2) is 4.68 Å². The van der Waals surface area contributed by atoms with E-state index in [1.807, 2.05) is 65.3 Å². The minimum atomic E-state index is -0.424. The second kappa shape index (κ2) is 12.8. The highest BCUT2D eigenvalue weighted by atomic mass is 16.5. The Morgan fingerprint density at radius 3 is 2.37 bits per heavy atom. The zero-order chi connectivity index (χ0) is 24.5. The first kappa shape index (κ1) is 25.4. The maximum absolute atomic E-state index is 10.9. The third-order valence-corrected chi connectivity index (χ3v) is 6.28. The molecular weight excluding hydrogens is 440 g/mol. The minimum Gasteiger partial charge on any atom is -0.439 e. The summed E-state index contributed by atoms with van der Waals surface area (Å²) in [6.07, 6.45) is 1.39. The molecule has 1 aliphatic rings. The molecule has 1 saturated heterocycles. The van der Waals surface area contributed by atoms with E-state index in [0.717, 1.165) is 74.3 Å². The van der Waals surface area contributed by atoms with E-state index < -0.39 is 6.10 Å². The van der Waals surface area contributed by atoms with Gasteiger partial charge in [-0.1, -0.05) is 50.2 Å². The van der Waals surface area contributed by atoms with Crippen molar-refractivity contribution in [3.63, 3.8) is 0 Å². The fourth-order valence-corrected chi connectivity index (χ4v) is 4.58. The molecule has 1 N–H and O–H groups in total. The van der Waals surface area contributed by atoms with E-state index in [9.17, 15) is 5.11 Å². The number of aliphatic hydroxyl groups is 1. The smallest absolute Gasteiger partial charge is 0.227 e. The molecule has 1 aliphatic heterocycles. The number of rotatable bonds is 12. The Morgan fingerprint density at radius 2 is 1.71 bits per heavy atom. The second-order valence-corrected chi connectivity index (χ2v) is 9.05. The SMILES string of the molecule is CCCN(Cc1c(CC)nn(-c2ccccc2)c1Oc1ccccc1)C[C@@H](O)CN1CCOCC1. The van der Waals surface area contributed by atoms with Crippen LogP contribution in [0.5, 0.6) is 11.6 Å². The highest BCUT2D eigenvalue weighted by molar-refractivity contribution is 5.43. The number of benzene rings is 2. The van der Waals surface area contributed by atoms with Crippen molar-refractivity contribution in [2.75, 3.05) is 45.9 Å². The lowest BCUT2D eigenvalue weighted by molar-refractivity contribution is 0.00622. The average Bonchev–Trinajstić information content (AvgIpc) is 3.22. The topological polar surface area (TPSA) is 63.0 Å². The highest BCUT2D eigenvalue weighted by Gasteiger charge is 2.24. The lowest BCUT2D eigenvalue weighted by Crippen LogP contribution is -2.44. The lowest BCUT2D eigenvalue weighted by atomic mass is 10.1. The van der Waals surface area contributed by atoms with Gasteiger partial charge in [0.05, 0.1) is 36.3 Å². The van der Waals surface area contributed by atoms with Crippen LogP contribution in [-0.4, -0.2) is 76.7 Å². The van der Waals surface area contributed by atoms with E-state index in [1.165, 1.54) is 0 Å². The molecule has 1 aromatic heterocycles. The number of aromatic nitrogens is 2. The molecule has 7 heteroatoms. The van der Waals surface area contributed by atoms with Crippen molar-refractivity contribution >= 4 is 0 Å². The molecule has 0 amide bonds. The average molecular weight is 479 g/mol. The predicted molar refractivity (Wildman–Crippen MR) is 138 cm³/mol. The summed E-state index contributed by atoms with van der Waals surface area (Å²) in [4.78, 5) is 4.61. The van der Waals surface area contributed by atoms with Gasteiger partial charge in [0, 0.05) is 32.7 Å². The zero-order valence-electron chi connectivity index (χ0n) is 21.0. The molecule has 0 unspecified atom stereocenters. The summed E-state index contributed by atoms with van der Waals surface area (Å²) in [6, 6.07) is 20.0. The molecular formula is C28H38N4O3. The maximum Gasteiger partial charge on any atom is 0.227 e. The summed E-state index contributed by atoms with van der Waals surface area (Å²) < 4.78 is 13.8. The number of aryl methyl sites for hydroxylation is 1. The van der Waals surface area contributed by atoms with E-state index in [1.54, 1.807) is 0 Å². The number of hydrogen-bond acceptors (Lipinski definition) is 6. The van der Waals surface area contributed by atoms with Crippen LogP contribution in [0.15, 0.2) is 60.7 Å². The molecule has 35 heavy (non-hydrogen) atoms. The first-order valence-electron chi connectivity index (χ1n) is 12.8. The normalized spacial score (nSPS) is 15.4. The van der Waals surface area contributed by atoms with Gasteiger partial charge >= 0.3 is 0 Å². The van der Waals surface area contributed by atoms with Gasteiger partial charge in [0.1, 0.15) is 5.75 Å². The van der Waals surface area contributed by atoms with Crippen molar-refractivity contribution in [2.24, 2.45) is 0 Å². The summed E-state index contributed by atoms with van der Waals surface area (Å²) in [5.41, 5.74) is 3.06. The quantitative estimate of drug-likeness (QED) is 0.422. The molecule has 0 radical (unpaired) electrons. The Bertz CT molecular complexity index is 1020. The van der Waals surface area contributed by atoms with Crippen molar-refractivity contribution < 1.29 is 14.6 Å². The first-order valence-corrected chi connectivity index (χ1v) is 12.8. The number of aliphatic hydroxyl groups excluding tert-OH is 1. The lowest BCUT2D eigenvalue weighted by Gasteiger charge is -2.31. The molecule has 2 aromatic carbocycles. The Morgan fingerprint density at radius 1 is 1.03 bits per heavy atom. The van der Waals surface area contributed by atoms with Crippen LogP contribution < -0.4 is 4.74 Å². The van der Waals surface area contributed by atoms with E-state index in [2.05, 4.69) is 23.6 Å². The van der Waals surface area contributed by atoms with Crippen LogP contribution in [0.2, 0.25) is 0 Å². The highest BCUT2D eigenvalue weighted by Crippen LogP contribution is 2.32. The third kappa shape index (κ3) is 6.92. The molecule has 1 fully saturated rings. The van der Waals surface area contributed by atoms with Crippen molar-refractivity contribution in [3.05, 3.63) is 71.9 Å². The van der Waals surface area contributed by atoms with Crippen LogP contribution >= 0.6 is 0 Å². The second-order valence-electron chi connectivity index (χ2n) is 9.05. The predicted octanol–water partition coefficient (Wildman–Crippen LogP) is 4.13. The molecule has 7 nitrogen and oxygen atoms in total. The summed E-state index contributed by atoms with van der Waals surface area (Å²) in [7, 11) is 0. The molecule has 0 bridgehead atoms. The van der Waals surface area contributed by atoms with Gasteiger partial charge in [0.25, 0.3) is 0 Å². The summed E-state index contributed by atoms with van der Waals surface area (Å²) >= 11 is 0. The minimum absolute atomic E-state index is 0.424. The largest absolute Gasteiger partial charge is 0.439 e. The van der Waals surface area contributed by atoms with Crippen molar-refractivity contribution in [2.45, 2.75) is 39.3 Å². The van der Waals surface area contributed by atoms with E-state index in [0.29, 0.717) is 19.6 Å². The molecule has 3 aromatic rings. The summed E-state index contributed by atoms with van der Waals surface area (Å²) in [6.45, 7) is 10.4. The number of nitrogens with zero attached hydrogens (tertiary/aromatic N) is 4. The molecule has 0 aliphatic carbocycles. The summed E-state index contributed by atoms with van der Waals surface area (Å²) in [5.74, 6) is 1.52. The summed E-state index contributed by atoms with van der Waals surface area (Å²) in [5, 5.41) is 15.9. The number of para-hydroxylation sites is 2. The monoisotopic (exact) mass is 478 g/mol. The zero-order valence-corrected chi connectivity index (χ0v) is 21.0.